The van der Waals surface area contributed by atoms with Crippen LogP contribution in [0.15, 0.2) is 9.98 Å². The standard InChI is InChI=1S/C7H13N5/c1-5(9)11-7(3)12-6(2)10-4-8/h7H,1-3H3,(H2,9,11)(H,10,12). The van der Waals surface area contributed by atoms with Gasteiger partial charge in [0, 0.05) is 0 Å². The number of nitrogens with one attached hydrogen (secondary N) is 1. The number of rotatable bonds is 2. The normalized spacial score (nSPS) is 15.2. The molecule has 0 aromatic rings. The van der Waals surface area contributed by atoms with E-state index in [0.717, 1.165) is 0 Å². The number of nitriles is 1. The van der Waals surface area contributed by atoms with E-state index in [1.165, 1.54) is 0 Å². The predicted octanol–water partition coefficient (Wildman–Crippen LogP) is 0.199. The molecule has 0 aromatic heterocycles. The molecule has 3 N–H and O–H groups in total. The Labute approximate surface area is 72.0 Å². The summed E-state index contributed by atoms with van der Waals surface area (Å²) in [5.74, 6) is 1.04. The Balaban J connectivity index is 4.03. The van der Waals surface area contributed by atoms with E-state index in [1.807, 2.05) is 6.92 Å². The van der Waals surface area contributed by atoms with Crippen LogP contribution >= 0.6 is 0 Å². The molecule has 5 heteroatoms. The lowest BCUT2D eigenvalue weighted by atomic mass is 10.5. The van der Waals surface area contributed by atoms with Crippen LogP contribution in [0.3, 0.4) is 0 Å². The summed E-state index contributed by atoms with van der Waals surface area (Å²) in [7, 11) is 0. The Morgan fingerprint density at radius 2 is 2.17 bits per heavy atom. The average molecular weight is 167 g/mol. The number of nitrogens with two attached hydrogens (primary N) is 1. The third-order valence-electron chi connectivity index (χ3n) is 1.03. The molecular formula is C7H13N5. The first-order valence-electron chi connectivity index (χ1n) is 3.56. The minimum atomic E-state index is -0.146. The summed E-state index contributed by atoms with van der Waals surface area (Å²) in [4.78, 5) is 7.47. The maximum Gasteiger partial charge on any atom is 0.207 e. The van der Waals surface area contributed by atoms with E-state index in [9.17, 15) is 0 Å². The Hall–Kier alpha value is -1.57. The molecule has 0 saturated heterocycles. The Bertz CT molecular complexity index is 231. The smallest absolute Gasteiger partial charge is 0.207 e. The number of nitrogens with zero attached hydrogens (tertiary/aromatic N) is 3. The van der Waals surface area contributed by atoms with Crippen LogP contribution in [0.2, 0.25) is 0 Å². The van der Waals surface area contributed by atoms with Crippen molar-refractivity contribution in [1.29, 1.82) is 5.26 Å². The second kappa shape index (κ2) is 5.13. The van der Waals surface area contributed by atoms with Gasteiger partial charge in [-0.2, -0.15) is 10.3 Å². The third kappa shape index (κ3) is 5.23. The van der Waals surface area contributed by atoms with Gasteiger partial charge in [0.1, 0.15) is 12.0 Å². The molecular weight excluding hydrogens is 154 g/mol. The van der Waals surface area contributed by atoms with Crippen LogP contribution in [0.5, 0.6) is 0 Å². The van der Waals surface area contributed by atoms with Crippen molar-refractivity contribution in [2.75, 3.05) is 0 Å². The van der Waals surface area contributed by atoms with Crippen molar-refractivity contribution < 1.29 is 0 Å². The number of hydrogen-bond donors (Lipinski definition) is 2. The van der Waals surface area contributed by atoms with Crippen molar-refractivity contribution in [2.24, 2.45) is 15.7 Å². The van der Waals surface area contributed by atoms with Gasteiger partial charge in [0.15, 0.2) is 0 Å². The monoisotopic (exact) mass is 167 g/mol. The van der Waals surface area contributed by atoms with E-state index >= 15 is 0 Å². The molecule has 0 aliphatic rings. The summed E-state index contributed by atoms with van der Waals surface area (Å²) < 4.78 is 0. The second-order valence-electron chi connectivity index (χ2n) is 2.39. The molecule has 0 spiro atoms. The van der Waals surface area contributed by atoms with E-state index in [4.69, 9.17) is 11.0 Å². The summed E-state index contributed by atoms with van der Waals surface area (Å²) in [5.41, 5.74) is 5.35. The van der Waals surface area contributed by atoms with Crippen molar-refractivity contribution in [2.45, 2.75) is 26.9 Å². The van der Waals surface area contributed by atoms with Crippen LogP contribution < -0.4 is 11.1 Å². The molecule has 5 nitrogen and oxygen atoms in total. The van der Waals surface area contributed by atoms with E-state index in [-0.39, 0.29) is 6.17 Å². The van der Waals surface area contributed by atoms with Gasteiger partial charge in [0.2, 0.25) is 6.19 Å². The van der Waals surface area contributed by atoms with Gasteiger partial charge in [-0.3, -0.25) is 0 Å². The quantitative estimate of drug-likeness (QED) is 0.350. The summed E-state index contributed by atoms with van der Waals surface area (Å²) in [6.07, 6.45) is 1.53. The average Bonchev–Trinajstić information content (AvgIpc) is 1.84. The van der Waals surface area contributed by atoms with Gasteiger partial charge >= 0.3 is 0 Å². The molecule has 0 aromatic carbocycles. The van der Waals surface area contributed by atoms with Crippen LogP contribution in [0.1, 0.15) is 20.8 Å². The minimum Gasteiger partial charge on any atom is -0.388 e. The Morgan fingerprint density at radius 3 is 2.58 bits per heavy atom. The van der Waals surface area contributed by atoms with Crippen molar-refractivity contribution in [1.82, 2.24) is 5.32 Å². The SMILES string of the molecule is CC(N)=NC(C)NC(C)=NC#N. The third-order valence-corrected chi connectivity index (χ3v) is 1.03. The fraction of sp³-hybridized carbons (Fsp3) is 0.571. The van der Waals surface area contributed by atoms with Crippen LogP contribution in [-0.2, 0) is 0 Å². The number of amidine groups is 2. The molecule has 12 heavy (non-hydrogen) atoms. The van der Waals surface area contributed by atoms with Crippen LogP contribution in [-0.4, -0.2) is 17.8 Å². The molecule has 0 aliphatic heterocycles. The zero-order chi connectivity index (χ0) is 9.56. The summed E-state index contributed by atoms with van der Waals surface area (Å²) in [5, 5.41) is 11.1. The lowest BCUT2D eigenvalue weighted by Gasteiger charge is -2.08. The van der Waals surface area contributed by atoms with E-state index < -0.39 is 0 Å². The zero-order valence-corrected chi connectivity index (χ0v) is 7.50. The van der Waals surface area contributed by atoms with E-state index in [0.29, 0.717) is 11.7 Å². The molecule has 0 radical (unpaired) electrons. The zero-order valence-electron chi connectivity index (χ0n) is 7.50. The van der Waals surface area contributed by atoms with Crippen LogP contribution in [0.4, 0.5) is 0 Å². The highest BCUT2D eigenvalue weighted by molar-refractivity contribution is 5.81. The Kier molecular flexibility index (Phi) is 4.46. The van der Waals surface area contributed by atoms with Gasteiger partial charge < -0.3 is 11.1 Å². The minimum absolute atomic E-state index is 0.146. The number of hydrogen-bond acceptors (Lipinski definition) is 3. The largest absolute Gasteiger partial charge is 0.388 e. The Morgan fingerprint density at radius 1 is 1.58 bits per heavy atom. The first-order valence-corrected chi connectivity index (χ1v) is 3.56. The molecule has 0 heterocycles. The van der Waals surface area contributed by atoms with Crippen LogP contribution in [0.25, 0.3) is 0 Å². The molecule has 1 unspecified atom stereocenters. The molecule has 0 fully saturated rings. The first-order chi connectivity index (χ1) is 5.56. The topological polar surface area (TPSA) is 86.6 Å². The van der Waals surface area contributed by atoms with Crippen molar-refractivity contribution in [3.05, 3.63) is 0 Å². The van der Waals surface area contributed by atoms with Gasteiger partial charge in [0.25, 0.3) is 0 Å². The van der Waals surface area contributed by atoms with Gasteiger partial charge in [0.05, 0.1) is 5.84 Å². The molecule has 1 atom stereocenters. The highest BCUT2D eigenvalue weighted by Crippen LogP contribution is 1.84. The highest BCUT2D eigenvalue weighted by Gasteiger charge is 1.97. The maximum atomic E-state index is 8.19. The summed E-state index contributed by atoms with van der Waals surface area (Å²) in [6, 6.07) is 0. The second-order valence-corrected chi connectivity index (χ2v) is 2.39. The van der Waals surface area contributed by atoms with Gasteiger partial charge in [-0.25, -0.2) is 4.99 Å². The molecule has 66 valence electrons. The maximum absolute atomic E-state index is 8.19. The fourth-order valence-corrected chi connectivity index (χ4v) is 0.747. The fourth-order valence-electron chi connectivity index (χ4n) is 0.747. The lowest BCUT2D eigenvalue weighted by molar-refractivity contribution is 0.697. The lowest BCUT2D eigenvalue weighted by Crippen LogP contribution is -2.30. The summed E-state index contributed by atoms with van der Waals surface area (Å²) >= 11 is 0. The van der Waals surface area contributed by atoms with Crippen molar-refractivity contribution in [3.63, 3.8) is 0 Å². The number of aliphatic imine (C=N–C) groups is 2. The molecule has 0 amide bonds. The van der Waals surface area contributed by atoms with E-state index in [1.54, 1.807) is 20.0 Å². The molecule has 0 rings (SSSR count). The van der Waals surface area contributed by atoms with E-state index in [2.05, 4.69) is 15.3 Å². The highest BCUT2D eigenvalue weighted by atomic mass is 15.1. The van der Waals surface area contributed by atoms with Crippen molar-refractivity contribution in [3.8, 4) is 6.19 Å². The predicted molar refractivity (Wildman–Crippen MR) is 48.6 cm³/mol. The molecule has 0 aliphatic carbocycles. The van der Waals surface area contributed by atoms with Gasteiger partial charge in [-0.05, 0) is 20.8 Å². The van der Waals surface area contributed by atoms with Gasteiger partial charge in [-0.15, -0.1) is 0 Å². The summed E-state index contributed by atoms with van der Waals surface area (Å²) in [6.45, 7) is 5.22. The molecule has 0 saturated carbocycles. The molecule has 0 bridgehead atoms. The van der Waals surface area contributed by atoms with Crippen molar-refractivity contribution >= 4 is 11.7 Å². The first kappa shape index (κ1) is 10.4. The van der Waals surface area contributed by atoms with Crippen LogP contribution in [0, 0.1) is 11.5 Å². The van der Waals surface area contributed by atoms with Gasteiger partial charge in [-0.1, -0.05) is 0 Å².